The van der Waals surface area contributed by atoms with Crippen molar-refractivity contribution in [2.45, 2.75) is 6.42 Å². The summed E-state index contributed by atoms with van der Waals surface area (Å²) in [6, 6.07) is 8.26. The van der Waals surface area contributed by atoms with Gasteiger partial charge in [0.05, 0.1) is 22.3 Å². The van der Waals surface area contributed by atoms with Gasteiger partial charge in [0.2, 0.25) is 0 Å². The number of carbonyl (C=O) groups excluding carboxylic acids is 1. The van der Waals surface area contributed by atoms with E-state index in [2.05, 4.69) is 20.3 Å². The van der Waals surface area contributed by atoms with Gasteiger partial charge in [-0.3, -0.25) is 4.79 Å². The molecule has 0 fully saturated rings. The second kappa shape index (κ2) is 6.14. The lowest BCUT2D eigenvalue weighted by Crippen LogP contribution is -2.26. The van der Waals surface area contributed by atoms with Crippen LogP contribution in [-0.4, -0.2) is 31.8 Å². The average molecular weight is 355 g/mol. The van der Waals surface area contributed by atoms with Gasteiger partial charge in [-0.2, -0.15) is 0 Å². The topological polar surface area (TPSA) is 78.0 Å². The Balaban J connectivity index is 1.49. The van der Waals surface area contributed by atoms with E-state index >= 15 is 0 Å². The Labute approximate surface area is 146 Å². The number of amides is 1. The Bertz CT molecular complexity index is 1110. The van der Waals surface area contributed by atoms with Crippen LogP contribution in [0.2, 0.25) is 0 Å². The molecule has 0 bridgehead atoms. The molecule has 0 aliphatic carbocycles. The van der Waals surface area contributed by atoms with Crippen molar-refractivity contribution in [2.24, 2.45) is 0 Å². The van der Waals surface area contributed by atoms with Gasteiger partial charge in [0, 0.05) is 25.4 Å². The molecule has 0 saturated carbocycles. The third-order valence-corrected chi connectivity index (χ3v) is 4.12. The van der Waals surface area contributed by atoms with Gasteiger partial charge in [-0.1, -0.05) is 6.07 Å². The Kier molecular flexibility index (Phi) is 3.81. The second-order valence-electron chi connectivity index (χ2n) is 5.66. The van der Waals surface area contributed by atoms with Crippen molar-refractivity contribution in [2.75, 3.05) is 6.54 Å². The molecule has 8 heteroatoms. The highest BCUT2D eigenvalue weighted by Crippen LogP contribution is 2.17. The van der Waals surface area contributed by atoms with Crippen LogP contribution >= 0.6 is 12.2 Å². The minimum atomic E-state index is -0.497. The van der Waals surface area contributed by atoms with Gasteiger partial charge in [0.15, 0.2) is 4.77 Å². The van der Waals surface area contributed by atoms with Gasteiger partial charge in [-0.15, -0.1) is 0 Å². The fraction of sp³-hybridized carbons (Fsp3) is 0.118. The van der Waals surface area contributed by atoms with E-state index in [1.165, 1.54) is 12.1 Å². The van der Waals surface area contributed by atoms with Crippen LogP contribution in [0.25, 0.3) is 16.7 Å². The van der Waals surface area contributed by atoms with Crippen molar-refractivity contribution in [3.63, 3.8) is 0 Å². The maximum Gasteiger partial charge on any atom is 0.253 e. The Morgan fingerprint density at radius 2 is 2.20 bits per heavy atom. The van der Waals surface area contributed by atoms with E-state index in [4.69, 9.17) is 12.2 Å². The van der Waals surface area contributed by atoms with Crippen LogP contribution in [0, 0.1) is 10.6 Å². The van der Waals surface area contributed by atoms with Gasteiger partial charge in [0.25, 0.3) is 5.91 Å². The monoisotopic (exact) mass is 355 g/mol. The minimum absolute atomic E-state index is 0.220. The number of halogens is 1. The molecule has 1 amide bonds. The third kappa shape index (κ3) is 3.03. The molecule has 0 aliphatic heterocycles. The van der Waals surface area contributed by atoms with Crippen LogP contribution in [0.15, 0.2) is 42.7 Å². The summed E-state index contributed by atoms with van der Waals surface area (Å²) >= 11 is 5.01. The first kappa shape index (κ1) is 15.5. The summed E-state index contributed by atoms with van der Waals surface area (Å²) in [4.78, 5) is 22.6. The SMILES string of the molecule is O=C(NCCc1cn2ccccc2n1)c1cc(F)cc2[nH]c(=S)[nH]c12. The standard InChI is InChI=1S/C17H14FN5OS/c18-10-7-12(15-13(8-10)21-17(25)22-15)16(24)19-5-4-11-9-23-6-2-1-3-14(23)20-11/h1-3,6-9H,4-5H2,(H,19,24)(H2,21,22,25). The normalized spacial score (nSPS) is 11.2. The van der Waals surface area contributed by atoms with Crippen LogP contribution in [0.3, 0.4) is 0 Å². The molecule has 0 spiro atoms. The van der Waals surface area contributed by atoms with E-state index in [1.54, 1.807) is 0 Å². The molecule has 3 heterocycles. The molecule has 25 heavy (non-hydrogen) atoms. The number of nitrogens with zero attached hydrogens (tertiary/aromatic N) is 2. The number of pyridine rings is 1. The molecule has 4 aromatic rings. The lowest BCUT2D eigenvalue weighted by Gasteiger charge is -2.05. The number of nitrogens with one attached hydrogen (secondary N) is 3. The van der Waals surface area contributed by atoms with E-state index in [0.717, 1.165) is 11.3 Å². The zero-order chi connectivity index (χ0) is 17.4. The predicted molar refractivity (Wildman–Crippen MR) is 94.7 cm³/mol. The zero-order valence-corrected chi connectivity index (χ0v) is 13.9. The van der Waals surface area contributed by atoms with E-state index in [9.17, 15) is 9.18 Å². The summed E-state index contributed by atoms with van der Waals surface area (Å²) in [6.45, 7) is 0.395. The van der Waals surface area contributed by atoms with E-state index in [0.29, 0.717) is 28.8 Å². The van der Waals surface area contributed by atoms with Crippen molar-refractivity contribution < 1.29 is 9.18 Å². The number of hydrogen-bond donors (Lipinski definition) is 3. The van der Waals surface area contributed by atoms with Crippen molar-refractivity contribution in [1.29, 1.82) is 0 Å². The first-order chi connectivity index (χ1) is 12.1. The summed E-state index contributed by atoms with van der Waals surface area (Å²) in [6.07, 6.45) is 4.42. The smallest absolute Gasteiger partial charge is 0.253 e. The number of fused-ring (bicyclic) bond motifs is 2. The molecule has 0 saturated heterocycles. The van der Waals surface area contributed by atoms with Crippen molar-refractivity contribution in [3.05, 3.63) is 64.6 Å². The summed E-state index contributed by atoms with van der Waals surface area (Å²) in [5.74, 6) is -0.859. The number of hydrogen-bond acceptors (Lipinski definition) is 3. The number of imidazole rings is 2. The van der Waals surface area contributed by atoms with Crippen LogP contribution in [0.1, 0.15) is 16.1 Å². The zero-order valence-electron chi connectivity index (χ0n) is 13.0. The summed E-state index contributed by atoms with van der Waals surface area (Å²) in [5.41, 5.74) is 2.91. The number of aromatic amines is 2. The average Bonchev–Trinajstić information content (AvgIpc) is 3.15. The molecule has 0 radical (unpaired) electrons. The predicted octanol–water partition coefficient (Wildman–Crippen LogP) is 2.98. The summed E-state index contributed by atoms with van der Waals surface area (Å²) in [7, 11) is 0. The van der Waals surface area contributed by atoms with Crippen LogP contribution in [-0.2, 0) is 6.42 Å². The Hall–Kier alpha value is -3.00. The summed E-state index contributed by atoms with van der Waals surface area (Å²) < 4.78 is 16.0. The maximum absolute atomic E-state index is 13.7. The first-order valence-corrected chi connectivity index (χ1v) is 8.13. The number of benzene rings is 1. The van der Waals surface area contributed by atoms with E-state index in [-0.39, 0.29) is 11.5 Å². The fourth-order valence-electron chi connectivity index (χ4n) is 2.79. The molecule has 3 N–H and O–H groups in total. The fourth-order valence-corrected chi connectivity index (χ4v) is 3.01. The van der Waals surface area contributed by atoms with Gasteiger partial charge in [-0.05, 0) is 36.5 Å². The van der Waals surface area contributed by atoms with Crippen molar-refractivity contribution in [3.8, 4) is 0 Å². The molecule has 6 nitrogen and oxygen atoms in total. The number of rotatable bonds is 4. The van der Waals surface area contributed by atoms with E-state index in [1.807, 2.05) is 35.0 Å². The maximum atomic E-state index is 13.7. The highest BCUT2D eigenvalue weighted by molar-refractivity contribution is 7.71. The highest BCUT2D eigenvalue weighted by atomic mass is 32.1. The molecule has 126 valence electrons. The molecule has 0 aliphatic rings. The number of aromatic nitrogens is 4. The Morgan fingerprint density at radius 3 is 3.04 bits per heavy atom. The van der Waals surface area contributed by atoms with Gasteiger partial charge >= 0.3 is 0 Å². The lowest BCUT2D eigenvalue weighted by atomic mass is 10.1. The molecule has 3 aromatic heterocycles. The van der Waals surface area contributed by atoms with Gasteiger partial charge in [0.1, 0.15) is 11.5 Å². The highest BCUT2D eigenvalue weighted by Gasteiger charge is 2.14. The second-order valence-corrected chi connectivity index (χ2v) is 6.07. The molecule has 0 atom stereocenters. The lowest BCUT2D eigenvalue weighted by molar-refractivity contribution is 0.0955. The van der Waals surface area contributed by atoms with Crippen molar-refractivity contribution in [1.82, 2.24) is 24.7 Å². The molecule has 1 aromatic carbocycles. The largest absolute Gasteiger partial charge is 0.352 e. The van der Waals surface area contributed by atoms with E-state index < -0.39 is 5.82 Å². The molecule has 0 unspecified atom stereocenters. The minimum Gasteiger partial charge on any atom is -0.352 e. The van der Waals surface area contributed by atoms with Crippen molar-refractivity contribution >= 4 is 34.8 Å². The van der Waals surface area contributed by atoms with Crippen LogP contribution < -0.4 is 5.32 Å². The Morgan fingerprint density at radius 1 is 1.32 bits per heavy atom. The van der Waals surface area contributed by atoms with Crippen LogP contribution in [0.5, 0.6) is 0 Å². The van der Waals surface area contributed by atoms with Gasteiger partial charge in [-0.25, -0.2) is 9.37 Å². The number of H-pyrrole nitrogens is 2. The molecule has 4 rings (SSSR count). The molecular formula is C17H14FN5OS. The first-order valence-electron chi connectivity index (χ1n) is 7.72. The van der Waals surface area contributed by atoms with Crippen LogP contribution in [0.4, 0.5) is 4.39 Å². The molecular weight excluding hydrogens is 341 g/mol. The van der Waals surface area contributed by atoms with Gasteiger partial charge < -0.3 is 19.7 Å². The number of carbonyl (C=O) groups is 1. The summed E-state index contributed by atoms with van der Waals surface area (Å²) in [5, 5.41) is 2.80. The quantitative estimate of drug-likeness (QED) is 0.493. The third-order valence-electron chi connectivity index (χ3n) is 3.92.